The fourth-order valence-electron chi connectivity index (χ4n) is 3.09. The van der Waals surface area contributed by atoms with Crippen LogP contribution in [-0.4, -0.2) is 43.5 Å². The van der Waals surface area contributed by atoms with Crippen LogP contribution in [0.4, 0.5) is 10.2 Å². The highest BCUT2D eigenvalue weighted by Gasteiger charge is 2.25. The molecular formula is C15H18FN3O2S. The largest absolute Gasteiger partial charge is 0.356 e. The van der Waals surface area contributed by atoms with Crippen molar-refractivity contribution < 1.29 is 12.8 Å². The van der Waals surface area contributed by atoms with E-state index >= 15 is 0 Å². The Morgan fingerprint density at radius 3 is 2.95 bits per heavy atom. The predicted octanol–water partition coefficient (Wildman–Crippen LogP) is 2.03. The second-order valence-electron chi connectivity index (χ2n) is 5.91. The first-order chi connectivity index (χ1) is 10.4. The van der Waals surface area contributed by atoms with Gasteiger partial charge in [0.1, 0.15) is 27.8 Å². The van der Waals surface area contributed by atoms with Gasteiger partial charge in [0, 0.05) is 24.7 Å². The van der Waals surface area contributed by atoms with E-state index < -0.39 is 9.84 Å². The molecule has 0 spiro atoms. The number of anilines is 1. The number of fused-ring (bicyclic) bond motifs is 1. The highest BCUT2D eigenvalue weighted by atomic mass is 32.2. The van der Waals surface area contributed by atoms with Crippen molar-refractivity contribution in [2.45, 2.75) is 12.8 Å². The molecule has 1 saturated heterocycles. The molecule has 22 heavy (non-hydrogen) atoms. The van der Waals surface area contributed by atoms with E-state index in [0.717, 1.165) is 19.4 Å². The van der Waals surface area contributed by atoms with Gasteiger partial charge in [0.25, 0.3) is 0 Å². The lowest BCUT2D eigenvalue weighted by Crippen LogP contribution is -2.38. The monoisotopic (exact) mass is 323 g/mol. The topological polar surface area (TPSA) is 63.2 Å². The standard InChI is InChI=1S/C15H18FN3O2S/c1-22(20,21)9-11-3-2-6-19(8-11)15-13-7-12(16)4-5-14(13)17-10-18-15/h4-5,7,10-11H,2-3,6,8-9H2,1H3. The molecule has 5 nitrogen and oxygen atoms in total. The van der Waals surface area contributed by atoms with E-state index in [0.29, 0.717) is 23.3 Å². The minimum Gasteiger partial charge on any atom is -0.356 e. The van der Waals surface area contributed by atoms with Crippen molar-refractivity contribution >= 4 is 26.6 Å². The zero-order chi connectivity index (χ0) is 15.7. The van der Waals surface area contributed by atoms with Crippen LogP contribution in [0.3, 0.4) is 0 Å². The molecule has 0 N–H and O–H groups in total. The molecule has 2 heterocycles. The molecule has 0 amide bonds. The molecule has 1 fully saturated rings. The molecule has 1 aromatic heterocycles. The third-order valence-corrected chi connectivity index (χ3v) is 5.01. The number of hydrogen-bond donors (Lipinski definition) is 0. The van der Waals surface area contributed by atoms with Crippen LogP contribution in [-0.2, 0) is 9.84 Å². The van der Waals surface area contributed by atoms with E-state index in [1.165, 1.54) is 24.7 Å². The highest BCUT2D eigenvalue weighted by Crippen LogP contribution is 2.28. The SMILES string of the molecule is CS(=O)(=O)CC1CCCN(c2ncnc3ccc(F)cc23)C1. The van der Waals surface area contributed by atoms with Crippen LogP contribution in [0.15, 0.2) is 24.5 Å². The summed E-state index contributed by atoms with van der Waals surface area (Å²) in [5, 5.41) is 0.669. The Morgan fingerprint density at radius 1 is 1.36 bits per heavy atom. The number of halogens is 1. The first-order valence-electron chi connectivity index (χ1n) is 7.25. The van der Waals surface area contributed by atoms with E-state index in [1.54, 1.807) is 6.07 Å². The van der Waals surface area contributed by atoms with Crippen molar-refractivity contribution in [3.05, 3.63) is 30.3 Å². The summed E-state index contributed by atoms with van der Waals surface area (Å²) in [6, 6.07) is 4.44. The van der Waals surface area contributed by atoms with Crippen molar-refractivity contribution in [2.24, 2.45) is 5.92 Å². The summed E-state index contributed by atoms with van der Waals surface area (Å²) in [5.41, 5.74) is 0.691. The zero-order valence-electron chi connectivity index (χ0n) is 12.4. The molecule has 7 heteroatoms. The van der Waals surface area contributed by atoms with Gasteiger partial charge >= 0.3 is 0 Å². The van der Waals surface area contributed by atoms with E-state index in [9.17, 15) is 12.8 Å². The molecule has 0 bridgehead atoms. The highest BCUT2D eigenvalue weighted by molar-refractivity contribution is 7.90. The second-order valence-corrected chi connectivity index (χ2v) is 8.09. The Balaban J connectivity index is 1.92. The normalized spacial score (nSPS) is 19.5. The molecule has 118 valence electrons. The van der Waals surface area contributed by atoms with E-state index in [4.69, 9.17) is 0 Å². The minimum atomic E-state index is -3.00. The van der Waals surface area contributed by atoms with E-state index in [2.05, 4.69) is 9.97 Å². The molecule has 1 unspecified atom stereocenters. The van der Waals surface area contributed by atoms with Gasteiger partial charge in [-0.05, 0) is 37.0 Å². The maximum Gasteiger partial charge on any atom is 0.147 e. The van der Waals surface area contributed by atoms with Gasteiger partial charge in [-0.15, -0.1) is 0 Å². The lowest BCUT2D eigenvalue weighted by molar-refractivity contribution is 0.443. The van der Waals surface area contributed by atoms with Crippen molar-refractivity contribution in [3.8, 4) is 0 Å². The van der Waals surface area contributed by atoms with Crippen LogP contribution in [0, 0.1) is 11.7 Å². The quantitative estimate of drug-likeness (QED) is 0.865. The molecule has 1 aromatic carbocycles. The summed E-state index contributed by atoms with van der Waals surface area (Å²) >= 11 is 0. The summed E-state index contributed by atoms with van der Waals surface area (Å²) in [7, 11) is -3.00. The third kappa shape index (κ3) is 3.35. The van der Waals surface area contributed by atoms with Crippen molar-refractivity contribution in [1.82, 2.24) is 9.97 Å². The number of piperidine rings is 1. The van der Waals surface area contributed by atoms with Crippen molar-refractivity contribution in [1.29, 1.82) is 0 Å². The molecule has 0 radical (unpaired) electrons. The van der Waals surface area contributed by atoms with Gasteiger partial charge in [0.05, 0.1) is 11.3 Å². The van der Waals surface area contributed by atoms with E-state index in [-0.39, 0.29) is 17.5 Å². The summed E-state index contributed by atoms with van der Waals surface area (Å²) in [4.78, 5) is 10.5. The zero-order valence-corrected chi connectivity index (χ0v) is 13.2. The second kappa shape index (κ2) is 5.79. The molecular weight excluding hydrogens is 305 g/mol. The Morgan fingerprint density at radius 2 is 2.18 bits per heavy atom. The van der Waals surface area contributed by atoms with Gasteiger partial charge in [-0.2, -0.15) is 0 Å². The number of hydrogen-bond acceptors (Lipinski definition) is 5. The van der Waals surface area contributed by atoms with Crippen LogP contribution < -0.4 is 4.90 Å². The maximum atomic E-state index is 13.5. The third-order valence-electron chi connectivity index (χ3n) is 3.93. The van der Waals surface area contributed by atoms with Gasteiger partial charge in [-0.1, -0.05) is 0 Å². The fraction of sp³-hybridized carbons (Fsp3) is 0.467. The van der Waals surface area contributed by atoms with Gasteiger partial charge in [-0.3, -0.25) is 0 Å². The van der Waals surface area contributed by atoms with Gasteiger partial charge in [0.2, 0.25) is 0 Å². The lowest BCUT2D eigenvalue weighted by atomic mass is 10.00. The lowest BCUT2D eigenvalue weighted by Gasteiger charge is -2.33. The van der Waals surface area contributed by atoms with Gasteiger partial charge in [-0.25, -0.2) is 22.8 Å². The molecule has 0 saturated carbocycles. The Kier molecular flexibility index (Phi) is 3.99. The number of benzene rings is 1. The first-order valence-corrected chi connectivity index (χ1v) is 9.31. The Labute approximate surface area is 129 Å². The van der Waals surface area contributed by atoms with Crippen LogP contribution in [0.25, 0.3) is 10.9 Å². The summed E-state index contributed by atoms with van der Waals surface area (Å²) in [5.74, 6) is 0.624. The van der Waals surface area contributed by atoms with Gasteiger partial charge in [0.15, 0.2) is 0 Å². The molecule has 1 aliphatic heterocycles. The van der Waals surface area contributed by atoms with Crippen LogP contribution >= 0.6 is 0 Å². The van der Waals surface area contributed by atoms with Crippen molar-refractivity contribution in [2.75, 3.05) is 30.0 Å². The average molecular weight is 323 g/mol. The molecule has 0 aliphatic carbocycles. The smallest absolute Gasteiger partial charge is 0.147 e. The number of nitrogens with zero attached hydrogens (tertiary/aromatic N) is 3. The van der Waals surface area contributed by atoms with Gasteiger partial charge < -0.3 is 4.90 Å². The summed E-state index contributed by atoms with van der Waals surface area (Å²) < 4.78 is 36.5. The molecule has 1 aliphatic rings. The first kappa shape index (κ1) is 15.1. The van der Waals surface area contributed by atoms with E-state index in [1.807, 2.05) is 4.90 Å². The number of rotatable bonds is 3. The molecule has 3 rings (SSSR count). The van der Waals surface area contributed by atoms with Crippen LogP contribution in [0.2, 0.25) is 0 Å². The number of aromatic nitrogens is 2. The van der Waals surface area contributed by atoms with Crippen LogP contribution in [0.1, 0.15) is 12.8 Å². The summed E-state index contributed by atoms with van der Waals surface area (Å²) in [6.07, 6.45) is 4.53. The maximum absolute atomic E-state index is 13.5. The predicted molar refractivity (Wildman–Crippen MR) is 84.1 cm³/mol. The average Bonchev–Trinajstić information content (AvgIpc) is 2.45. The summed E-state index contributed by atoms with van der Waals surface area (Å²) in [6.45, 7) is 1.42. The van der Waals surface area contributed by atoms with Crippen molar-refractivity contribution in [3.63, 3.8) is 0 Å². The Bertz CT molecular complexity index is 794. The molecule has 1 atom stereocenters. The fourth-order valence-corrected chi connectivity index (χ4v) is 4.22. The van der Waals surface area contributed by atoms with Crippen LogP contribution in [0.5, 0.6) is 0 Å². The Hall–Kier alpha value is -1.76. The minimum absolute atomic E-state index is 0.0855. The molecule has 2 aromatic rings. The number of sulfone groups is 1.